The van der Waals surface area contributed by atoms with Gasteiger partial charge in [0.15, 0.2) is 0 Å². The largest absolute Gasteiger partial charge is 0.376 e. The number of carbonyl (C=O) groups excluding carboxylic acids is 1. The summed E-state index contributed by atoms with van der Waals surface area (Å²) >= 11 is 1.70. The second kappa shape index (κ2) is 6.09. The maximum atomic E-state index is 12.4. The van der Waals surface area contributed by atoms with E-state index >= 15 is 0 Å². The van der Waals surface area contributed by atoms with Crippen molar-refractivity contribution in [3.63, 3.8) is 0 Å². The molecule has 2 aromatic rings. The van der Waals surface area contributed by atoms with Crippen LogP contribution in [0.3, 0.4) is 0 Å². The molecule has 1 aromatic carbocycles. The Hall–Kier alpha value is -1.81. The summed E-state index contributed by atoms with van der Waals surface area (Å²) in [7, 11) is 0. The number of benzene rings is 1. The minimum absolute atomic E-state index is 0.183. The highest BCUT2D eigenvalue weighted by molar-refractivity contribution is 7.07. The number of para-hydroxylation sites is 1. The van der Waals surface area contributed by atoms with Crippen LogP contribution < -0.4 is 5.32 Å². The molecule has 1 N–H and O–H groups in total. The van der Waals surface area contributed by atoms with Crippen LogP contribution in [0.1, 0.15) is 24.4 Å². The van der Waals surface area contributed by atoms with E-state index in [1.807, 2.05) is 35.2 Å². The molecule has 2 heterocycles. The number of rotatable bonds is 4. The highest BCUT2D eigenvalue weighted by atomic mass is 32.1. The molecular weight excluding hydrogens is 268 g/mol. The Labute approximate surface area is 123 Å². The normalized spacial score (nSPS) is 18.2. The Bertz CT molecular complexity index is 553. The molecule has 0 bridgehead atoms. The number of likely N-dealkylation sites (tertiary alicyclic amines) is 1. The molecule has 0 aliphatic carbocycles. The van der Waals surface area contributed by atoms with E-state index in [9.17, 15) is 4.79 Å². The molecule has 20 heavy (non-hydrogen) atoms. The number of hydrogen-bond donors (Lipinski definition) is 1. The van der Waals surface area contributed by atoms with Gasteiger partial charge in [-0.15, -0.1) is 0 Å². The van der Waals surface area contributed by atoms with Gasteiger partial charge in [0.05, 0.1) is 12.6 Å². The molecule has 1 atom stereocenters. The molecular formula is C16H18N2OS. The zero-order valence-electron chi connectivity index (χ0n) is 11.3. The second-order valence-electron chi connectivity index (χ2n) is 5.02. The van der Waals surface area contributed by atoms with Crippen LogP contribution in [0.5, 0.6) is 0 Å². The Kier molecular flexibility index (Phi) is 4.02. The Balaban J connectivity index is 1.62. The number of anilines is 1. The number of nitrogens with one attached hydrogen (secondary N) is 1. The van der Waals surface area contributed by atoms with E-state index < -0.39 is 0 Å². The molecule has 4 heteroatoms. The van der Waals surface area contributed by atoms with E-state index in [4.69, 9.17) is 0 Å². The first kappa shape index (κ1) is 13.2. The molecule has 3 nitrogen and oxygen atoms in total. The topological polar surface area (TPSA) is 32.3 Å². The lowest BCUT2D eigenvalue weighted by atomic mass is 10.1. The van der Waals surface area contributed by atoms with Crippen molar-refractivity contribution in [3.8, 4) is 0 Å². The molecule has 0 saturated carbocycles. The molecule has 1 aliphatic heterocycles. The summed E-state index contributed by atoms with van der Waals surface area (Å²) in [6.07, 6.45) is 2.17. The predicted molar refractivity (Wildman–Crippen MR) is 82.9 cm³/mol. The fraction of sp³-hybridized carbons (Fsp3) is 0.312. The highest BCUT2D eigenvalue weighted by Gasteiger charge is 2.29. The van der Waals surface area contributed by atoms with E-state index in [-0.39, 0.29) is 11.9 Å². The van der Waals surface area contributed by atoms with Crippen molar-refractivity contribution in [2.24, 2.45) is 0 Å². The zero-order chi connectivity index (χ0) is 13.8. The van der Waals surface area contributed by atoms with Gasteiger partial charge in [0.2, 0.25) is 5.91 Å². The van der Waals surface area contributed by atoms with Crippen molar-refractivity contribution in [2.45, 2.75) is 18.9 Å². The molecule has 1 aliphatic rings. The van der Waals surface area contributed by atoms with Crippen LogP contribution in [0.25, 0.3) is 0 Å². The van der Waals surface area contributed by atoms with Crippen LogP contribution in [-0.2, 0) is 4.79 Å². The van der Waals surface area contributed by atoms with Gasteiger partial charge in [0.1, 0.15) is 0 Å². The molecule has 1 aromatic heterocycles. The third-order valence-corrected chi connectivity index (χ3v) is 4.42. The maximum absolute atomic E-state index is 12.4. The van der Waals surface area contributed by atoms with Gasteiger partial charge in [-0.2, -0.15) is 11.3 Å². The van der Waals surface area contributed by atoms with Crippen LogP contribution in [-0.4, -0.2) is 23.9 Å². The quantitative estimate of drug-likeness (QED) is 0.932. The predicted octanol–water partition coefficient (Wildman–Crippen LogP) is 3.52. The zero-order valence-corrected chi connectivity index (χ0v) is 12.1. The van der Waals surface area contributed by atoms with Gasteiger partial charge in [0.25, 0.3) is 0 Å². The lowest BCUT2D eigenvalue weighted by molar-refractivity contribution is -0.130. The van der Waals surface area contributed by atoms with Gasteiger partial charge in [-0.1, -0.05) is 18.2 Å². The van der Waals surface area contributed by atoms with Gasteiger partial charge >= 0.3 is 0 Å². The van der Waals surface area contributed by atoms with E-state index in [0.717, 1.165) is 25.1 Å². The lowest BCUT2D eigenvalue weighted by Crippen LogP contribution is -2.34. The average molecular weight is 286 g/mol. The third kappa shape index (κ3) is 2.85. The Morgan fingerprint density at radius 3 is 2.90 bits per heavy atom. The summed E-state index contributed by atoms with van der Waals surface area (Å²) in [5.41, 5.74) is 2.27. The molecule has 1 saturated heterocycles. The second-order valence-corrected chi connectivity index (χ2v) is 5.80. The standard InChI is InChI=1S/C16H18N2OS/c19-16(11-17-14-5-2-1-3-6-14)18-9-4-7-15(18)13-8-10-20-12-13/h1-3,5-6,8,10,12,15,17H,4,7,9,11H2. The average Bonchev–Trinajstić information content (AvgIpc) is 3.15. The number of thiophene rings is 1. The molecule has 1 fully saturated rings. The van der Waals surface area contributed by atoms with Crippen molar-refractivity contribution in [2.75, 3.05) is 18.4 Å². The number of hydrogen-bond acceptors (Lipinski definition) is 3. The maximum Gasteiger partial charge on any atom is 0.242 e. The van der Waals surface area contributed by atoms with Gasteiger partial charge in [-0.05, 0) is 47.4 Å². The molecule has 3 rings (SSSR count). The third-order valence-electron chi connectivity index (χ3n) is 3.72. The van der Waals surface area contributed by atoms with E-state index in [0.29, 0.717) is 6.54 Å². The summed E-state index contributed by atoms with van der Waals surface area (Å²) < 4.78 is 0. The summed E-state index contributed by atoms with van der Waals surface area (Å²) in [5.74, 6) is 0.183. The van der Waals surface area contributed by atoms with Crippen molar-refractivity contribution in [1.82, 2.24) is 4.90 Å². The van der Waals surface area contributed by atoms with Gasteiger partial charge in [0, 0.05) is 12.2 Å². The fourth-order valence-electron chi connectivity index (χ4n) is 2.71. The van der Waals surface area contributed by atoms with Gasteiger partial charge in [-0.25, -0.2) is 0 Å². The van der Waals surface area contributed by atoms with Crippen molar-refractivity contribution in [3.05, 3.63) is 52.7 Å². The summed E-state index contributed by atoms with van der Waals surface area (Å²) in [5, 5.41) is 7.43. The lowest BCUT2D eigenvalue weighted by Gasteiger charge is -2.24. The Morgan fingerprint density at radius 2 is 2.15 bits per heavy atom. The first-order chi connectivity index (χ1) is 9.84. The van der Waals surface area contributed by atoms with E-state index in [1.165, 1.54) is 5.56 Å². The van der Waals surface area contributed by atoms with Crippen LogP contribution in [0.15, 0.2) is 47.2 Å². The smallest absolute Gasteiger partial charge is 0.242 e. The number of carbonyl (C=O) groups is 1. The van der Waals surface area contributed by atoms with Crippen LogP contribution in [0.2, 0.25) is 0 Å². The molecule has 1 amide bonds. The minimum Gasteiger partial charge on any atom is -0.376 e. The number of nitrogens with zero attached hydrogens (tertiary/aromatic N) is 1. The summed E-state index contributed by atoms with van der Waals surface area (Å²) in [6, 6.07) is 12.3. The highest BCUT2D eigenvalue weighted by Crippen LogP contribution is 2.32. The van der Waals surface area contributed by atoms with Crippen molar-refractivity contribution in [1.29, 1.82) is 0 Å². The molecule has 0 radical (unpaired) electrons. The minimum atomic E-state index is 0.183. The first-order valence-electron chi connectivity index (χ1n) is 6.95. The van der Waals surface area contributed by atoms with E-state index in [2.05, 4.69) is 22.1 Å². The summed E-state index contributed by atoms with van der Waals surface area (Å²) in [4.78, 5) is 14.4. The van der Waals surface area contributed by atoms with Crippen molar-refractivity contribution >= 4 is 22.9 Å². The van der Waals surface area contributed by atoms with E-state index in [1.54, 1.807) is 11.3 Å². The van der Waals surface area contributed by atoms with Crippen LogP contribution in [0.4, 0.5) is 5.69 Å². The first-order valence-corrected chi connectivity index (χ1v) is 7.89. The van der Waals surface area contributed by atoms with Crippen LogP contribution >= 0.6 is 11.3 Å². The fourth-order valence-corrected chi connectivity index (χ4v) is 3.42. The summed E-state index contributed by atoms with van der Waals surface area (Å²) in [6.45, 7) is 1.24. The molecule has 0 spiro atoms. The molecule has 104 valence electrons. The monoisotopic (exact) mass is 286 g/mol. The SMILES string of the molecule is O=C(CNc1ccccc1)N1CCCC1c1ccsc1. The molecule has 1 unspecified atom stereocenters. The van der Waals surface area contributed by atoms with Gasteiger partial charge in [-0.3, -0.25) is 4.79 Å². The van der Waals surface area contributed by atoms with Crippen molar-refractivity contribution < 1.29 is 4.79 Å². The Morgan fingerprint density at radius 1 is 1.30 bits per heavy atom. The van der Waals surface area contributed by atoms with Crippen LogP contribution in [0, 0.1) is 0 Å². The van der Waals surface area contributed by atoms with Gasteiger partial charge < -0.3 is 10.2 Å². The number of amides is 1.